The van der Waals surface area contributed by atoms with E-state index in [0.29, 0.717) is 17.2 Å². The van der Waals surface area contributed by atoms with Crippen LogP contribution in [0.25, 0.3) is 0 Å². The zero-order chi connectivity index (χ0) is 22.0. The molecule has 1 amide bonds. The van der Waals surface area contributed by atoms with Crippen molar-refractivity contribution >= 4 is 11.6 Å². The van der Waals surface area contributed by atoms with Gasteiger partial charge >= 0.3 is 0 Å². The van der Waals surface area contributed by atoms with Crippen molar-refractivity contribution in [2.24, 2.45) is 10.5 Å². The predicted octanol–water partition coefficient (Wildman–Crippen LogP) is 4.87. The lowest BCUT2D eigenvalue weighted by Crippen LogP contribution is -2.39. The zero-order valence-electron chi connectivity index (χ0n) is 18.8. The summed E-state index contributed by atoms with van der Waals surface area (Å²) in [5.74, 6) is 2.01. The van der Waals surface area contributed by atoms with Crippen LogP contribution in [0.1, 0.15) is 69.4 Å². The van der Waals surface area contributed by atoms with Crippen LogP contribution < -0.4 is 9.47 Å². The molecule has 1 aliphatic heterocycles. The normalized spacial score (nSPS) is 19.3. The molecule has 1 saturated carbocycles. The molecular weight excluding hydrogens is 394 g/mol. The van der Waals surface area contributed by atoms with Gasteiger partial charge in [-0.3, -0.25) is 4.79 Å². The maximum atomic E-state index is 13.3. The van der Waals surface area contributed by atoms with E-state index in [1.54, 1.807) is 12.1 Å². The molecule has 7 nitrogen and oxygen atoms in total. The number of rotatable bonds is 6. The van der Waals surface area contributed by atoms with Crippen molar-refractivity contribution in [2.75, 3.05) is 7.11 Å². The average molecular weight is 426 g/mol. The van der Waals surface area contributed by atoms with Crippen LogP contribution in [-0.4, -0.2) is 34.9 Å². The Bertz CT molecular complexity index is 971. The topological polar surface area (TPSA) is 77.2 Å². The van der Waals surface area contributed by atoms with Gasteiger partial charge in [-0.1, -0.05) is 30.8 Å². The summed E-state index contributed by atoms with van der Waals surface area (Å²) in [6, 6.07) is 7.73. The number of amides is 1. The predicted molar refractivity (Wildman–Crippen MR) is 117 cm³/mol. The van der Waals surface area contributed by atoms with E-state index in [1.807, 2.05) is 45.0 Å². The number of carbonyl (C=O) groups is 1. The fourth-order valence-electron chi connectivity index (χ4n) is 4.41. The van der Waals surface area contributed by atoms with Gasteiger partial charge in [0.15, 0.2) is 11.5 Å². The third-order valence-electron chi connectivity index (χ3n) is 6.20. The molecule has 0 saturated heterocycles. The van der Waals surface area contributed by atoms with Crippen molar-refractivity contribution in [1.29, 1.82) is 0 Å². The Labute approximate surface area is 183 Å². The highest BCUT2D eigenvalue weighted by molar-refractivity contribution is 6.19. The molecule has 0 atom stereocenters. The van der Waals surface area contributed by atoms with Crippen LogP contribution in [0.2, 0.25) is 0 Å². The second kappa shape index (κ2) is 8.73. The molecule has 2 aliphatic rings. The lowest BCUT2D eigenvalue weighted by atomic mass is 9.83. The fraction of sp³-hybridized carbons (Fsp3) is 0.542. The number of hydrazone groups is 1. The molecule has 1 aromatic heterocycles. The van der Waals surface area contributed by atoms with Gasteiger partial charge in [0.05, 0.1) is 24.3 Å². The molecule has 0 N–H and O–H groups in total. The number of methoxy groups -OCH3 is 1. The number of hydrogen-bond acceptors (Lipinski definition) is 6. The molecule has 1 fully saturated rings. The third-order valence-corrected chi connectivity index (χ3v) is 6.20. The first-order valence-corrected chi connectivity index (χ1v) is 11.1. The molecule has 0 bridgehead atoms. The number of benzene rings is 1. The van der Waals surface area contributed by atoms with Crippen LogP contribution in [-0.2, 0) is 11.4 Å². The molecule has 0 spiro atoms. The van der Waals surface area contributed by atoms with Crippen molar-refractivity contribution in [2.45, 2.75) is 71.9 Å². The molecule has 0 radical (unpaired) electrons. The summed E-state index contributed by atoms with van der Waals surface area (Å²) < 4.78 is 16.6. The van der Waals surface area contributed by atoms with Crippen LogP contribution in [0.15, 0.2) is 33.9 Å². The summed E-state index contributed by atoms with van der Waals surface area (Å²) >= 11 is 0. The molecular formula is C24H31N3O4. The monoisotopic (exact) mass is 425 g/mol. The van der Waals surface area contributed by atoms with Crippen LogP contribution in [0.5, 0.6) is 11.5 Å². The quantitative estimate of drug-likeness (QED) is 0.617. The summed E-state index contributed by atoms with van der Waals surface area (Å²) in [7, 11) is 1.61. The van der Waals surface area contributed by atoms with E-state index in [2.05, 4.69) is 5.16 Å². The van der Waals surface area contributed by atoms with Gasteiger partial charge in [-0.05, 0) is 51.8 Å². The largest absolute Gasteiger partial charge is 0.493 e. The highest BCUT2D eigenvalue weighted by Crippen LogP contribution is 2.38. The van der Waals surface area contributed by atoms with Crippen molar-refractivity contribution in [3.8, 4) is 11.5 Å². The summed E-state index contributed by atoms with van der Waals surface area (Å²) in [5.41, 5.74) is 1.65. The van der Waals surface area contributed by atoms with Crippen molar-refractivity contribution in [3.05, 3.63) is 41.3 Å². The van der Waals surface area contributed by atoms with Gasteiger partial charge in [-0.2, -0.15) is 5.10 Å². The zero-order valence-corrected chi connectivity index (χ0v) is 18.8. The Kier molecular flexibility index (Phi) is 6.03. The summed E-state index contributed by atoms with van der Waals surface area (Å²) in [6.45, 7) is 6.01. The Hall–Kier alpha value is -2.83. The van der Waals surface area contributed by atoms with E-state index >= 15 is 0 Å². The van der Waals surface area contributed by atoms with E-state index in [1.165, 1.54) is 12.8 Å². The molecule has 2 heterocycles. The smallest absolute Gasteiger partial charge is 0.254 e. The lowest BCUT2D eigenvalue weighted by molar-refractivity contribution is -0.137. The number of carbonyl (C=O) groups excluding carboxylic acids is 1. The highest BCUT2D eigenvalue weighted by Gasteiger charge is 2.46. The second-order valence-corrected chi connectivity index (χ2v) is 8.95. The summed E-state index contributed by atoms with van der Waals surface area (Å²) in [4.78, 5) is 13.3. The van der Waals surface area contributed by atoms with Gasteiger partial charge in [0.25, 0.3) is 5.91 Å². The molecule has 1 aromatic carbocycles. The van der Waals surface area contributed by atoms with E-state index < -0.39 is 5.41 Å². The standard InChI is InChI=1S/C24H31N3O4/c1-16-13-18(26-31-16)15-30-21-14-17(11-12-20(21)29-4)22-24(2,3)23(28)27(25-22)19-9-7-5-6-8-10-19/h11-14,19H,5-10,15H2,1-4H3. The van der Waals surface area contributed by atoms with Gasteiger partial charge in [-0.25, -0.2) is 5.01 Å². The maximum Gasteiger partial charge on any atom is 0.254 e. The number of aryl methyl sites for hydroxylation is 1. The minimum Gasteiger partial charge on any atom is -0.493 e. The number of ether oxygens (including phenoxy) is 2. The molecule has 1 aliphatic carbocycles. The third kappa shape index (κ3) is 4.31. The number of hydrogen-bond donors (Lipinski definition) is 0. The summed E-state index contributed by atoms with van der Waals surface area (Å²) in [6.07, 6.45) is 6.83. The molecule has 4 rings (SSSR count). The van der Waals surface area contributed by atoms with Crippen LogP contribution >= 0.6 is 0 Å². The van der Waals surface area contributed by atoms with E-state index in [-0.39, 0.29) is 18.6 Å². The second-order valence-electron chi connectivity index (χ2n) is 8.95. The Morgan fingerprint density at radius 1 is 1.13 bits per heavy atom. The SMILES string of the molecule is COc1ccc(C2=NN(C3CCCCCC3)C(=O)C2(C)C)cc1OCc1cc(C)on1. The molecule has 7 heteroatoms. The minimum atomic E-state index is -0.693. The van der Waals surface area contributed by atoms with Crippen molar-refractivity contribution < 1.29 is 18.8 Å². The molecule has 0 unspecified atom stereocenters. The highest BCUT2D eigenvalue weighted by atomic mass is 16.5. The van der Waals surface area contributed by atoms with Crippen LogP contribution in [0, 0.1) is 12.3 Å². The van der Waals surface area contributed by atoms with Gasteiger partial charge < -0.3 is 14.0 Å². The van der Waals surface area contributed by atoms with Gasteiger partial charge in [-0.15, -0.1) is 0 Å². The minimum absolute atomic E-state index is 0.0748. The van der Waals surface area contributed by atoms with E-state index in [9.17, 15) is 4.79 Å². The fourth-order valence-corrected chi connectivity index (χ4v) is 4.41. The van der Waals surface area contributed by atoms with Crippen molar-refractivity contribution in [1.82, 2.24) is 10.2 Å². The molecule has 166 valence electrons. The maximum absolute atomic E-state index is 13.3. The van der Waals surface area contributed by atoms with Gasteiger partial charge in [0, 0.05) is 11.6 Å². The first-order valence-electron chi connectivity index (χ1n) is 11.1. The van der Waals surface area contributed by atoms with Crippen molar-refractivity contribution in [3.63, 3.8) is 0 Å². The molecule has 2 aromatic rings. The first kappa shape index (κ1) is 21.4. The van der Waals surface area contributed by atoms with Gasteiger partial charge in [0.2, 0.25) is 0 Å². The average Bonchev–Trinajstić information content (AvgIpc) is 3.13. The lowest BCUT2D eigenvalue weighted by Gasteiger charge is -2.26. The van der Waals surface area contributed by atoms with E-state index in [0.717, 1.165) is 42.7 Å². The Morgan fingerprint density at radius 3 is 2.52 bits per heavy atom. The number of nitrogens with zero attached hydrogens (tertiary/aromatic N) is 3. The molecule has 31 heavy (non-hydrogen) atoms. The van der Waals surface area contributed by atoms with Gasteiger partial charge in [0.1, 0.15) is 18.1 Å². The van der Waals surface area contributed by atoms with Crippen LogP contribution in [0.3, 0.4) is 0 Å². The number of aromatic nitrogens is 1. The van der Waals surface area contributed by atoms with E-state index in [4.69, 9.17) is 19.1 Å². The Balaban J connectivity index is 1.62. The first-order chi connectivity index (χ1) is 14.9. The Morgan fingerprint density at radius 2 is 1.87 bits per heavy atom. The van der Waals surface area contributed by atoms with Crippen LogP contribution in [0.4, 0.5) is 0 Å². The summed E-state index contributed by atoms with van der Waals surface area (Å²) in [5, 5.41) is 10.6.